The van der Waals surface area contributed by atoms with E-state index >= 15 is 0 Å². The average molecular weight is 251 g/mol. The molecule has 0 aliphatic rings. The van der Waals surface area contributed by atoms with Gasteiger partial charge >= 0.3 is 5.97 Å². The van der Waals surface area contributed by atoms with E-state index in [1.54, 1.807) is 0 Å². The van der Waals surface area contributed by atoms with Gasteiger partial charge in [0.1, 0.15) is 5.75 Å². The van der Waals surface area contributed by atoms with Crippen LogP contribution in [-0.2, 0) is 4.79 Å². The van der Waals surface area contributed by atoms with Crippen LogP contribution in [0.2, 0.25) is 0 Å². The molecular formula is C14H21NO3. The fourth-order valence-electron chi connectivity index (χ4n) is 1.87. The summed E-state index contributed by atoms with van der Waals surface area (Å²) in [5, 5.41) is 8.61. The first-order valence-electron chi connectivity index (χ1n) is 6.25. The van der Waals surface area contributed by atoms with Gasteiger partial charge in [-0.2, -0.15) is 0 Å². The third-order valence-electron chi connectivity index (χ3n) is 2.77. The quantitative estimate of drug-likeness (QED) is 0.781. The molecule has 3 N–H and O–H groups in total. The van der Waals surface area contributed by atoms with E-state index in [9.17, 15) is 4.79 Å². The molecule has 4 nitrogen and oxygen atoms in total. The lowest BCUT2D eigenvalue weighted by Gasteiger charge is -2.17. The number of hydrogen-bond acceptors (Lipinski definition) is 3. The van der Waals surface area contributed by atoms with Crippen LogP contribution in [0.3, 0.4) is 0 Å². The van der Waals surface area contributed by atoms with Crippen molar-refractivity contribution in [3.63, 3.8) is 0 Å². The van der Waals surface area contributed by atoms with Crippen LogP contribution in [-0.4, -0.2) is 17.7 Å². The second kappa shape index (κ2) is 7.01. The number of rotatable bonds is 7. The van der Waals surface area contributed by atoms with Crippen LogP contribution in [0.25, 0.3) is 0 Å². The first-order valence-corrected chi connectivity index (χ1v) is 6.25. The number of hydrogen-bond donors (Lipinski definition) is 2. The molecule has 1 atom stereocenters. The number of aliphatic carboxylic acids is 1. The zero-order valence-corrected chi connectivity index (χ0v) is 11.0. The molecule has 0 saturated carbocycles. The topological polar surface area (TPSA) is 72.5 Å². The van der Waals surface area contributed by atoms with Crippen LogP contribution >= 0.6 is 0 Å². The molecule has 0 aliphatic heterocycles. The van der Waals surface area contributed by atoms with Gasteiger partial charge in [-0.25, -0.2) is 0 Å². The Bertz CT molecular complexity index is 404. The molecule has 0 bridgehead atoms. The van der Waals surface area contributed by atoms with Gasteiger partial charge in [0.15, 0.2) is 0 Å². The van der Waals surface area contributed by atoms with E-state index in [0.717, 1.165) is 16.9 Å². The summed E-state index contributed by atoms with van der Waals surface area (Å²) < 4.78 is 5.54. The Morgan fingerprint density at radius 3 is 2.83 bits per heavy atom. The number of nitrogens with two attached hydrogens (primary N) is 1. The molecule has 0 aliphatic carbocycles. The molecule has 4 heteroatoms. The highest BCUT2D eigenvalue weighted by Crippen LogP contribution is 2.28. The van der Waals surface area contributed by atoms with E-state index in [1.165, 1.54) is 0 Å². The van der Waals surface area contributed by atoms with Gasteiger partial charge in [-0.3, -0.25) is 4.79 Å². The van der Waals surface area contributed by atoms with Crippen molar-refractivity contribution in [1.29, 1.82) is 0 Å². The van der Waals surface area contributed by atoms with Crippen LogP contribution in [0.1, 0.15) is 43.4 Å². The van der Waals surface area contributed by atoms with Gasteiger partial charge in [0.25, 0.3) is 0 Å². The minimum atomic E-state index is -0.781. The van der Waals surface area contributed by atoms with Crippen molar-refractivity contribution < 1.29 is 14.6 Å². The molecule has 0 fully saturated rings. The first-order chi connectivity index (χ1) is 8.54. The summed E-state index contributed by atoms with van der Waals surface area (Å²) in [5.74, 6) is 0.0161. The fraction of sp³-hybridized carbons (Fsp3) is 0.500. The van der Waals surface area contributed by atoms with Crippen molar-refractivity contribution in [3.05, 3.63) is 29.3 Å². The molecule has 0 heterocycles. The van der Waals surface area contributed by atoms with Crippen LogP contribution < -0.4 is 10.5 Å². The Balaban J connectivity index is 2.72. The highest BCUT2D eigenvalue weighted by molar-refractivity contribution is 5.66. The molecular weight excluding hydrogens is 230 g/mol. The molecule has 0 amide bonds. The van der Waals surface area contributed by atoms with Gasteiger partial charge in [-0.05, 0) is 32.8 Å². The second-order valence-corrected chi connectivity index (χ2v) is 4.37. The fourth-order valence-corrected chi connectivity index (χ4v) is 1.87. The molecule has 1 rings (SSSR count). The summed E-state index contributed by atoms with van der Waals surface area (Å²) in [6.45, 7) is 4.53. The first kappa shape index (κ1) is 14.5. The van der Waals surface area contributed by atoms with Crippen LogP contribution in [0.5, 0.6) is 5.75 Å². The SMILES string of the molecule is CCOc1ccc(C)cc1C(N)CCCC(=O)O. The lowest BCUT2D eigenvalue weighted by atomic mass is 9.99. The third kappa shape index (κ3) is 4.37. The van der Waals surface area contributed by atoms with E-state index < -0.39 is 5.97 Å². The Labute approximate surface area is 108 Å². The van der Waals surface area contributed by atoms with Crippen LogP contribution in [0, 0.1) is 6.92 Å². The third-order valence-corrected chi connectivity index (χ3v) is 2.77. The Kier molecular flexibility index (Phi) is 5.65. The molecule has 0 spiro atoms. The highest BCUT2D eigenvalue weighted by atomic mass is 16.5. The van der Waals surface area contributed by atoms with Gasteiger partial charge in [-0.15, -0.1) is 0 Å². The van der Waals surface area contributed by atoms with Crippen molar-refractivity contribution in [3.8, 4) is 5.75 Å². The maximum Gasteiger partial charge on any atom is 0.303 e. The maximum absolute atomic E-state index is 10.5. The minimum Gasteiger partial charge on any atom is -0.494 e. The number of ether oxygens (including phenoxy) is 1. The van der Waals surface area contributed by atoms with Crippen molar-refractivity contribution >= 4 is 5.97 Å². The number of carboxylic acids is 1. The maximum atomic E-state index is 10.5. The minimum absolute atomic E-state index is 0.156. The van der Waals surface area contributed by atoms with E-state index in [2.05, 4.69) is 0 Å². The largest absolute Gasteiger partial charge is 0.494 e. The zero-order valence-electron chi connectivity index (χ0n) is 11.0. The Hall–Kier alpha value is -1.55. The van der Waals surface area contributed by atoms with Crippen molar-refractivity contribution in [2.75, 3.05) is 6.61 Å². The van der Waals surface area contributed by atoms with Gasteiger partial charge in [0, 0.05) is 18.0 Å². The van der Waals surface area contributed by atoms with Crippen molar-refractivity contribution in [1.82, 2.24) is 0 Å². The highest BCUT2D eigenvalue weighted by Gasteiger charge is 2.13. The smallest absolute Gasteiger partial charge is 0.303 e. The molecule has 1 aromatic rings. The van der Waals surface area contributed by atoms with E-state index in [-0.39, 0.29) is 12.5 Å². The Morgan fingerprint density at radius 2 is 2.22 bits per heavy atom. The Morgan fingerprint density at radius 1 is 1.50 bits per heavy atom. The molecule has 1 aromatic carbocycles. The number of carboxylic acid groups (broad SMARTS) is 1. The summed E-state index contributed by atoms with van der Waals surface area (Å²) >= 11 is 0. The zero-order chi connectivity index (χ0) is 13.5. The molecule has 0 saturated heterocycles. The monoisotopic (exact) mass is 251 g/mol. The standard InChI is InChI=1S/C14H21NO3/c1-3-18-13-8-7-10(2)9-11(13)12(15)5-4-6-14(16)17/h7-9,12H,3-6,15H2,1-2H3,(H,16,17). The molecule has 1 unspecified atom stereocenters. The number of benzene rings is 1. The summed E-state index contributed by atoms with van der Waals surface area (Å²) in [4.78, 5) is 10.5. The number of aryl methyl sites for hydroxylation is 1. The second-order valence-electron chi connectivity index (χ2n) is 4.37. The van der Waals surface area contributed by atoms with E-state index in [1.807, 2.05) is 32.0 Å². The normalized spacial score (nSPS) is 12.2. The van der Waals surface area contributed by atoms with E-state index in [4.69, 9.17) is 15.6 Å². The summed E-state index contributed by atoms with van der Waals surface area (Å²) in [6.07, 6.45) is 1.38. The lowest BCUT2D eigenvalue weighted by Crippen LogP contribution is -2.13. The predicted molar refractivity (Wildman–Crippen MR) is 70.8 cm³/mol. The van der Waals surface area contributed by atoms with Gasteiger partial charge in [0.2, 0.25) is 0 Å². The van der Waals surface area contributed by atoms with Crippen molar-refractivity contribution in [2.24, 2.45) is 5.73 Å². The van der Waals surface area contributed by atoms with Crippen LogP contribution in [0.15, 0.2) is 18.2 Å². The van der Waals surface area contributed by atoms with E-state index in [0.29, 0.717) is 19.4 Å². The van der Waals surface area contributed by atoms with Gasteiger partial charge in [0.05, 0.1) is 6.61 Å². The van der Waals surface area contributed by atoms with Gasteiger partial charge < -0.3 is 15.6 Å². The van der Waals surface area contributed by atoms with Gasteiger partial charge in [-0.1, -0.05) is 17.7 Å². The lowest BCUT2D eigenvalue weighted by molar-refractivity contribution is -0.137. The molecule has 0 aromatic heterocycles. The molecule has 0 radical (unpaired) electrons. The summed E-state index contributed by atoms with van der Waals surface area (Å²) in [5.41, 5.74) is 8.20. The predicted octanol–water partition coefficient (Wildman–Crippen LogP) is 2.65. The summed E-state index contributed by atoms with van der Waals surface area (Å²) in [7, 11) is 0. The summed E-state index contributed by atoms with van der Waals surface area (Å²) in [6, 6.07) is 5.74. The molecule has 18 heavy (non-hydrogen) atoms. The molecule has 100 valence electrons. The number of carbonyl (C=O) groups is 1. The van der Waals surface area contributed by atoms with Crippen LogP contribution in [0.4, 0.5) is 0 Å². The van der Waals surface area contributed by atoms with Crippen molar-refractivity contribution in [2.45, 2.75) is 39.2 Å². The average Bonchev–Trinajstić information content (AvgIpc) is 2.31.